The Morgan fingerprint density at radius 3 is 3.00 bits per heavy atom. The molecule has 4 nitrogen and oxygen atoms in total. The van der Waals surface area contributed by atoms with Crippen LogP contribution in [0, 0.1) is 0 Å². The maximum Gasteiger partial charge on any atom is 0.0877 e. The van der Waals surface area contributed by atoms with Crippen LogP contribution >= 0.6 is 0 Å². The van der Waals surface area contributed by atoms with Crippen LogP contribution in [0.25, 0.3) is 0 Å². The number of rotatable bonds is 1. The molecule has 4 heteroatoms. The number of aromatic nitrogens is 3. The van der Waals surface area contributed by atoms with Gasteiger partial charge >= 0.3 is 0 Å². The highest BCUT2D eigenvalue weighted by Gasteiger charge is 2.14. The lowest BCUT2D eigenvalue weighted by Crippen LogP contribution is -2.29. The smallest absolute Gasteiger partial charge is 0.0877 e. The van der Waals surface area contributed by atoms with Crippen LogP contribution in [0.4, 0.5) is 0 Å². The highest BCUT2D eigenvalue weighted by atomic mass is 15.4. The van der Waals surface area contributed by atoms with Gasteiger partial charge in [0.05, 0.1) is 15.0 Å². The Bertz CT molecular complexity index is 293. The summed E-state index contributed by atoms with van der Waals surface area (Å²) in [6.45, 7) is 1.91. The summed E-state index contributed by atoms with van der Waals surface area (Å²) in [6.07, 6.45) is 2.04. The summed E-state index contributed by atoms with van der Waals surface area (Å²) in [5, 5.41) is 10.6. The third-order valence-electron chi connectivity index (χ3n) is 2.01. The summed E-state index contributed by atoms with van der Waals surface area (Å²) in [7, 11) is 0. The van der Waals surface area contributed by atoms with Crippen molar-refractivity contribution >= 4 is 0 Å². The lowest BCUT2D eigenvalue weighted by atomic mass is 10.1. The second-order valence-electron chi connectivity index (χ2n) is 2.74. The van der Waals surface area contributed by atoms with Crippen molar-refractivity contribution in [2.45, 2.75) is 18.9 Å². The lowest BCUT2D eigenvalue weighted by molar-refractivity contribution is 0.337. The predicted molar refractivity (Wildman–Crippen MR) is 41.2 cm³/mol. The van der Waals surface area contributed by atoms with Crippen molar-refractivity contribution in [3.8, 4) is 0 Å². The van der Waals surface area contributed by atoms with Gasteiger partial charge in [0.25, 0.3) is 0 Å². The van der Waals surface area contributed by atoms with Gasteiger partial charge in [-0.05, 0) is 25.9 Å². The molecule has 0 amide bonds. The van der Waals surface area contributed by atoms with Gasteiger partial charge in [-0.3, -0.25) is 0 Å². The standard InChI is InChI=1S/C7H12N4/c1-3-8-4-2-7(1)11-6-5-9-10-11/h5-8H,1-4H2/i5D,6D. The summed E-state index contributed by atoms with van der Waals surface area (Å²) >= 11 is 0. The first kappa shape index (κ1) is 4.87. The van der Waals surface area contributed by atoms with Crippen LogP contribution in [-0.2, 0) is 0 Å². The molecule has 1 N–H and O–H groups in total. The van der Waals surface area contributed by atoms with Gasteiger partial charge < -0.3 is 5.32 Å². The van der Waals surface area contributed by atoms with E-state index in [-0.39, 0.29) is 18.4 Å². The first-order valence-corrected chi connectivity index (χ1v) is 3.88. The minimum absolute atomic E-state index is 0.0291. The molecule has 2 heterocycles. The number of piperidine rings is 1. The fraction of sp³-hybridized carbons (Fsp3) is 0.714. The monoisotopic (exact) mass is 154 g/mol. The average Bonchev–Trinajstić information content (AvgIpc) is 2.49. The quantitative estimate of drug-likeness (QED) is 0.628. The molecule has 1 aliphatic heterocycles. The van der Waals surface area contributed by atoms with Crippen molar-refractivity contribution < 1.29 is 2.74 Å². The minimum atomic E-state index is -0.0291. The molecule has 1 aliphatic rings. The Hall–Kier alpha value is -0.900. The third kappa shape index (κ3) is 1.40. The van der Waals surface area contributed by atoms with E-state index < -0.39 is 0 Å². The molecule has 2 rings (SSSR count). The predicted octanol–water partition coefficient (Wildman–Crippen LogP) is 0.203. The van der Waals surface area contributed by atoms with E-state index in [9.17, 15) is 0 Å². The van der Waals surface area contributed by atoms with Crippen LogP contribution < -0.4 is 5.32 Å². The maximum atomic E-state index is 7.54. The largest absolute Gasteiger partial charge is 0.317 e. The highest BCUT2D eigenvalue weighted by Crippen LogP contribution is 2.15. The molecule has 0 aliphatic carbocycles. The summed E-state index contributed by atoms with van der Waals surface area (Å²) in [5.74, 6) is 0. The van der Waals surface area contributed by atoms with Crippen molar-refractivity contribution in [1.29, 1.82) is 0 Å². The maximum absolute atomic E-state index is 7.54. The second-order valence-corrected chi connectivity index (χ2v) is 2.74. The Kier molecular flexibility index (Phi) is 1.33. The summed E-state index contributed by atoms with van der Waals surface area (Å²) in [4.78, 5) is 0. The summed E-state index contributed by atoms with van der Waals surface area (Å²) < 4.78 is 16.4. The van der Waals surface area contributed by atoms with Crippen LogP contribution in [0.1, 0.15) is 21.6 Å². The van der Waals surface area contributed by atoms with Crippen LogP contribution in [0.3, 0.4) is 0 Å². The molecule has 60 valence electrons. The van der Waals surface area contributed by atoms with Gasteiger partial charge in [-0.1, -0.05) is 5.21 Å². The molecule has 1 aromatic rings. The molecule has 1 aromatic heterocycles. The van der Waals surface area contributed by atoms with Crippen LogP contribution in [0.15, 0.2) is 12.3 Å². The van der Waals surface area contributed by atoms with Gasteiger partial charge in [0.2, 0.25) is 0 Å². The fourth-order valence-electron chi connectivity index (χ4n) is 1.38. The van der Waals surface area contributed by atoms with Crippen LogP contribution in [0.5, 0.6) is 0 Å². The zero-order chi connectivity index (χ0) is 9.26. The average molecular weight is 154 g/mol. The fourth-order valence-corrected chi connectivity index (χ4v) is 1.38. The number of nitrogens with one attached hydrogen (secondary N) is 1. The van der Waals surface area contributed by atoms with E-state index in [4.69, 9.17) is 2.74 Å². The molecule has 0 atom stereocenters. The molecule has 0 aromatic carbocycles. The first-order chi connectivity index (χ1) is 6.29. The van der Waals surface area contributed by atoms with E-state index in [0.29, 0.717) is 0 Å². The molecular weight excluding hydrogens is 140 g/mol. The van der Waals surface area contributed by atoms with Gasteiger partial charge in [-0.25, -0.2) is 4.68 Å². The Morgan fingerprint density at radius 2 is 2.36 bits per heavy atom. The van der Waals surface area contributed by atoms with Crippen molar-refractivity contribution in [2.75, 3.05) is 13.1 Å². The molecule has 0 unspecified atom stereocenters. The van der Waals surface area contributed by atoms with E-state index in [0.717, 1.165) is 25.9 Å². The SMILES string of the molecule is [2H]c1nnn(C2CCNCC2)c1[2H]. The Balaban J connectivity index is 2.18. The Morgan fingerprint density at radius 1 is 1.55 bits per heavy atom. The number of hydrogen-bond acceptors (Lipinski definition) is 3. The minimum Gasteiger partial charge on any atom is -0.317 e. The molecule has 0 bridgehead atoms. The summed E-state index contributed by atoms with van der Waals surface area (Å²) in [5.41, 5.74) is 0. The highest BCUT2D eigenvalue weighted by molar-refractivity contribution is 4.76. The van der Waals surface area contributed by atoms with Gasteiger partial charge in [0.15, 0.2) is 0 Å². The van der Waals surface area contributed by atoms with Gasteiger partial charge in [0.1, 0.15) is 0 Å². The van der Waals surface area contributed by atoms with Crippen molar-refractivity contribution in [3.63, 3.8) is 0 Å². The molecule has 0 saturated carbocycles. The molecule has 0 spiro atoms. The topological polar surface area (TPSA) is 42.7 Å². The van der Waals surface area contributed by atoms with E-state index >= 15 is 0 Å². The van der Waals surface area contributed by atoms with Crippen molar-refractivity contribution in [1.82, 2.24) is 20.3 Å². The molecule has 11 heavy (non-hydrogen) atoms. The second kappa shape index (κ2) is 3.00. The van der Waals surface area contributed by atoms with Gasteiger partial charge in [-0.15, -0.1) is 5.10 Å². The van der Waals surface area contributed by atoms with E-state index in [1.165, 1.54) is 0 Å². The van der Waals surface area contributed by atoms with Crippen LogP contribution in [0.2, 0.25) is 0 Å². The van der Waals surface area contributed by atoms with Crippen molar-refractivity contribution in [3.05, 3.63) is 12.3 Å². The third-order valence-corrected chi connectivity index (χ3v) is 2.01. The van der Waals surface area contributed by atoms with Crippen LogP contribution in [-0.4, -0.2) is 28.1 Å². The van der Waals surface area contributed by atoms with E-state index in [1.54, 1.807) is 4.68 Å². The molecule has 0 radical (unpaired) electrons. The summed E-state index contributed by atoms with van der Waals surface area (Å²) in [6, 6.07) is 0.250. The van der Waals surface area contributed by atoms with Crippen molar-refractivity contribution in [2.24, 2.45) is 0 Å². The molecule has 1 saturated heterocycles. The normalized spacial score (nSPS) is 22.9. The van der Waals surface area contributed by atoms with Gasteiger partial charge in [-0.2, -0.15) is 0 Å². The number of nitrogens with zero attached hydrogens (tertiary/aromatic N) is 3. The van der Waals surface area contributed by atoms with Gasteiger partial charge in [0, 0.05) is 6.17 Å². The van der Waals surface area contributed by atoms with E-state index in [2.05, 4.69) is 15.6 Å². The molecular formula is C7H12N4. The first-order valence-electron chi connectivity index (χ1n) is 4.88. The molecule has 1 fully saturated rings. The van der Waals surface area contributed by atoms with E-state index in [1.807, 2.05) is 0 Å². The zero-order valence-corrected chi connectivity index (χ0v) is 6.25. The number of hydrogen-bond donors (Lipinski definition) is 1. The zero-order valence-electron chi connectivity index (χ0n) is 8.25. The lowest BCUT2D eigenvalue weighted by Gasteiger charge is -2.21. The Labute approximate surface area is 68.4 Å².